The molecule has 0 spiro atoms. The van der Waals surface area contributed by atoms with Crippen molar-refractivity contribution >= 4 is 11.6 Å². The van der Waals surface area contributed by atoms with Crippen LogP contribution in [0.3, 0.4) is 0 Å². The van der Waals surface area contributed by atoms with E-state index in [2.05, 4.69) is 30.1 Å². The molecule has 0 unspecified atom stereocenters. The molecular formula is C15H23N3O. The zero-order valence-corrected chi connectivity index (χ0v) is 11.7. The molecule has 1 saturated heterocycles. The lowest BCUT2D eigenvalue weighted by molar-refractivity contribution is -0.117. The van der Waals surface area contributed by atoms with Crippen LogP contribution in [0, 0.1) is 0 Å². The second-order valence-corrected chi connectivity index (χ2v) is 5.57. The SMILES string of the molecule is CC(C)c1ccccc1NC(=O)CN1CC[C@H](N)C1. The molecule has 104 valence electrons. The fraction of sp³-hybridized carbons (Fsp3) is 0.533. The van der Waals surface area contributed by atoms with E-state index in [1.54, 1.807) is 0 Å². The number of amides is 1. The van der Waals surface area contributed by atoms with Gasteiger partial charge < -0.3 is 11.1 Å². The minimum atomic E-state index is 0.0437. The van der Waals surface area contributed by atoms with Gasteiger partial charge in [-0.2, -0.15) is 0 Å². The van der Waals surface area contributed by atoms with E-state index in [0.29, 0.717) is 12.5 Å². The third kappa shape index (κ3) is 3.78. The number of para-hydroxylation sites is 1. The molecule has 1 heterocycles. The van der Waals surface area contributed by atoms with E-state index in [4.69, 9.17) is 5.73 Å². The minimum absolute atomic E-state index is 0.0437. The Bertz CT molecular complexity index is 445. The molecule has 2 rings (SSSR count). The lowest BCUT2D eigenvalue weighted by atomic mass is 10.0. The molecule has 1 aromatic rings. The molecule has 0 aliphatic carbocycles. The van der Waals surface area contributed by atoms with E-state index < -0.39 is 0 Å². The summed E-state index contributed by atoms with van der Waals surface area (Å²) in [7, 11) is 0. The average molecular weight is 261 g/mol. The third-order valence-electron chi connectivity index (χ3n) is 3.53. The highest BCUT2D eigenvalue weighted by molar-refractivity contribution is 5.93. The van der Waals surface area contributed by atoms with Gasteiger partial charge >= 0.3 is 0 Å². The number of nitrogens with two attached hydrogens (primary N) is 1. The third-order valence-corrected chi connectivity index (χ3v) is 3.53. The number of hydrogen-bond acceptors (Lipinski definition) is 3. The maximum absolute atomic E-state index is 12.1. The van der Waals surface area contributed by atoms with Crippen LogP contribution in [-0.4, -0.2) is 36.5 Å². The number of rotatable bonds is 4. The van der Waals surface area contributed by atoms with E-state index in [0.717, 1.165) is 25.2 Å². The molecule has 1 aliphatic rings. The van der Waals surface area contributed by atoms with Gasteiger partial charge in [0.15, 0.2) is 0 Å². The van der Waals surface area contributed by atoms with Crippen LogP contribution in [0.1, 0.15) is 31.7 Å². The van der Waals surface area contributed by atoms with Gasteiger partial charge in [-0.25, -0.2) is 0 Å². The number of carbonyl (C=O) groups is 1. The summed E-state index contributed by atoms with van der Waals surface area (Å²) >= 11 is 0. The van der Waals surface area contributed by atoms with Gasteiger partial charge in [-0.1, -0.05) is 32.0 Å². The molecule has 0 aromatic heterocycles. The van der Waals surface area contributed by atoms with Crippen molar-refractivity contribution in [1.82, 2.24) is 4.90 Å². The molecule has 1 aromatic carbocycles. The highest BCUT2D eigenvalue weighted by Crippen LogP contribution is 2.23. The lowest BCUT2D eigenvalue weighted by Gasteiger charge is -2.17. The van der Waals surface area contributed by atoms with Gasteiger partial charge in [0.25, 0.3) is 0 Å². The van der Waals surface area contributed by atoms with Crippen LogP contribution in [0.25, 0.3) is 0 Å². The van der Waals surface area contributed by atoms with E-state index in [9.17, 15) is 4.79 Å². The topological polar surface area (TPSA) is 58.4 Å². The van der Waals surface area contributed by atoms with Crippen molar-refractivity contribution < 1.29 is 4.79 Å². The second-order valence-electron chi connectivity index (χ2n) is 5.57. The maximum Gasteiger partial charge on any atom is 0.238 e. The summed E-state index contributed by atoms with van der Waals surface area (Å²) in [6, 6.07) is 8.20. The Balaban J connectivity index is 1.95. The standard InChI is InChI=1S/C15H23N3O/c1-11(2)13-5-3-4-6-14(13)17-15(19)10-18-8-7-12(16)9-18/h3-6,11-12H,7-10,16H2,1-2H3,(H,17,19)/t12-/m0/s1. The van der Waals surface area contributed by atoms with Crippen LogP contribution in [0.4, 0.5) is 5.69 Å². The highest BCUT2D eigenvalue weighted by atomic mass is 16.2. The summed E-state index contributed by atoms with van der Waals surface area (Å²) in [6.45, 7) is 6.43. The molecule has 1 atom stereocenters. The van der Waals surface area contributed by atoms with E-state index in [-0.39, 0.29) is 11.9 Å². The van der Waals surface area contributed by atoms with E-state index >= 15 is 0 Å². The summed E-state index contributed by atoms with van der Waals surface area (Å²) in [5, 5.41) is 3.01. The molecule has 1 amide bonds. The van der Waals surface area contributed by atoms with E-state index in [1.165, 1.54) is 5.56 Å². The number of nitrogens with zero attached hydrogens (tertiary/aromatic N) is 1. The molecule has 19 heavy (non-hydrogen) atoms. The quantitative estimate of drug-likeness (QED) is 0.868. The van der Waals surface area contributed by atoms with Crippen molar-refractivity contribution in [2.24, 2.45) is 5.73 Å². The maximum atomic E-state index is 12.1. The summed E-state index contributed by atoms with van der Waals surface area (Å²) in [5.41, 5.74) is 7.94. The largest absolute Gasteiger partial charge is 0.326 e. The van der Waals surface area contributed by atoms with Crippen molar-refractivity contribution in [2.45, 2.75) is 32.2 Å². The fourth-order valence-electron chi connectivity index (χ4n) is 2.51. The van der Waals surface area contributed by atoms with Gasteiger partial charge in [0.05, 0.1) is 6.54 Å². The zero-order valence-electron chi connectivity index (χ0n) is 11.7. The second kappa shape index (κ2) is 6.17. The van der Waals surface area contributed by atoms with Gasteiger partial charge in [0.1, 0.15) is 0 Å². The Hall–Kier alpha value is -1.39. The van der Waals surface area contributed by atoms with Crippen molar-refractivity contribution in [3.8, 4) is 0 Å². The van der Waals surface area contributed by atoms with Gasteiger partial charge in [0, 0.05) is 24.8 Å². The molecule has 3 N–H and O–H groups in total. The molecular weight excluding hydrogens is 238 g/mol. The Labute approximate surface area is 115 Å². The normalized spacial score (nSPS) is 19.9. The predicted molar refractivity (Wildman–Crippen MR) is 78.2 cm³/mol. The highest BCUT2D eigenvalue weighted by Gasteiger charge is 2.21. The van der Waals surface area contributed by atoms with Crippen LogP contribution < -0.4 is 11.1 Å². The van der Waals surface area contributed by atoms with Crippen LogP contribution in [0.5, 0.6) is 0 Å². The van der Waals surface area contributed by atoms with Crippen LogP contribution in [-0.2, 0) is 4.79 Å². The van der Waals surface area contributed by atoms with Crippen LogP contribution in [0.15, 0.2) is 24.3 Å². The Morgan fingerprint density at radius 1 is 1.47 bits per heavy atom. The predicted octanol–water partition coefficient (Wildman–Crippen LogP) is 1.78. The lowest BCUT2D eigenvalue weighted by Crippen LogP contribution is -2.33. The van der Waals surface area contributed by atoms with Gasteiger partial charge in [-0.05, 0) is 24.0 Å². The van der Waals surface area contributed by atoms with Crippen molar-refractivity contribution in [3.05, 3.63) is 29.8 Å². The number of nitrogens with one attached hydrogen (secondary N) is 1. The molecule has 4 nitrogen and oxygen atoms in total. The van der Waals surface area contributed by atoms with Crippen molar-refractivity contribution in [2.75, 3.05) is 25.0 Å². The first-order valence-corrected chi connectivity index (χ1v) is 6.93. The number of likely N-dealkylation sites (tertiary alicyclic amines) is 1. The summed E-state index contributed by atoms with van der Waals surface area (Å²) in [5.74, 6) is 0.443. The van der Waals surface area contributed by atoms with Gasteiger partial charge in [-0.3, -0.25) is 9.69 Å². The molecule has 0 radical (unpaired) electrons. The molecule has 0 saturated carbocycles. The fourth-order valence-corrected chi connectivity index (χ4v) is 2.51. The molecule has 0 bridgehead atoms. The van der Waals surface area contributed by atoms with E-state index in [1.807, 2.05) is 18.2 Å². The number of benzene rings is 1. The average Bonchev–Trinajstić information content (AvgIpc) is 2.75. The van der Waals surface area contributed by atoms with Crippen molar-refractivity contribution in [3.63, 3.8) is 0 Å². The van der Waals surface area contributed by atoms with Gasteiger partial charge in [0.2, 0.25) is 5.91 Å². The minimum Gasteiger partial charge on any atom is -0.326 e. The summed E-state index contributed by atoms with van der Waals surface area (Å²) in [4.78, 5) is 14.2. The molecule has 1 fully saturated rings. The first-order chi connectivity index (χ1) is 9.06. The number of anilines is 1. The van der Waals surface area contributed by atoms with Gasteiger partial charge in [-0.15, -0.1) is 0 Å². The summed E-state index contributed by atoms with van der Waals surface area (Å²) < 4.78 is 0. The van der Waals surface area contributed by atoms with Crippen LogP contribution in [0.2, 0.25) is 0 Å². The van der Waals surface area contributed by atoms with Crippen LogP contribution >= 0.6 is 0 Å². The Morgan fingerprint density at radius 2 is 2.21 bits per heavy atom. The first-order valence-electron chi connectivity index (χ1n) is 6.93. The summed E-state index contributed by atoms with van der Waals surface area (Å²) in [6.07, 6.45) is 0.982. The number of carbonyl (C=O) groups excluding carboxylic acids is 1. The first kappa shape index (κ1) is 14.0. The Kier molecular flexibility index (Phi) is 4.56. The Morgan fingerprint density at radius 3 is 2.84 bits per heavy atom. The molecule has 1 aliphatic heterocycles. The monoisotopic (exact) mass is 261 g/mol. The molecule has 4 heteroatoms. The zero-order chi connectivity index (χ0) is 13.8. The smallest absolute Gasteiger partial charge is 0.238 e. The van der Waals surface area contributed by atoms with Crippen molar-refractivity contribution in [1.29, 1.82) is 0 Å². The number of hydrogen-bond donors (Lipinski definition) is 2.